The Labute approximate surface area is 109 Å². The molecule has 0 fully saturated rings. The van der Waals surface area contributed by atoms with Crippen LogP contribution in [0.3, 0.4) is 0 Å². The molecule has 0 saturated heterocycles. The number of amides is 2. The summed E-state index contributed by atoms with van der Waals surface area (Å²) < 4.78 is 0. The third kappa shape index (κ3) is 5.09. The topological polar surface area (TPSA) is 119 Å². The summed E-state index contributed by atoms with van der Waals surface area (Å²) in [7, 11) is 0. The summed E-state index contributed by atoms with van der Waals surface area (Å²) in [6.07, 6.45) is 2.64. The number of hydroxylamine groups is 1. The highest BCUT2D eigenvalue weighted by molar-refractivity contribution is 5.92. The molecule has 7 heteroatoms. The van der Waals surface area contributed by atoms with Gasteiger partial charge < -0.3 is 15.5 Å². The van der Waals surface area contributed by atoms with Gasteiger partial charge >= 0.3 is 0 Å². The highest BCUT2D eigenvalue weighted by Crippen LogP contribution is 2.25. The van der Waals surface area contributed by atoms with Crippen LogP contribution in [0.4, 0.5) is 0 Å². The summed E-state index contributed by atoms with van der Waals surface area (Å²) in [5, 5.41) is 29.0. The van der Waals surface area contributed by atoms with Gasteiger partial charge in [-0.25, -0.2) is 5.48 Å². The van der Waals surface area contributed by atoms with Gasteiger partial charge in [0.1, 0.15) is 0 Å². The third-order valence-corrected chi connectivity index (χ3v) is 2.20. The van der Waals surface area contributed by atoms with Crippen LogP contribution in [0, 0.1) is 0 Å². The Morgan fingerprint density at radius 3 is 2.58 bits per heavy atom. The predicted molar refractivity (Wildman–Crippen MR) is 66.4 cm³/mol. The first-order valence-electron chi connectivity index (χ1n) is 5.43. The van der Waals surface area contributed by atoms with Gasteiger partial charge in [-0.2, -0.15) is 0 Å². The first-order chi connectivity index (χ1) is 9.02. The molecule has 0 aliphatic heterocycles. The van der Waals surface area contributed by atoms with E-state index >= 15 is 0 Å². The number of rotatable bonds is 5. The summed E-state index contributed by atoms with van der Waals surface area (Å²) in [5.74, 6) is -1.52. The zero-order chi connectivity index (χ0) is 14.3. The summed E-state index contributed by atoms with van der Waals surface area (Å²) in [6, 6.07) is 4.13. The Morgan fingerprint density at radius 2 is 1.95 bits per heavy atom. The molecule has 5 N–H and O–H groups in total. The van der Waals surface area contributed by atoms with Gasteiger partial charge in [-0.15, -0.1) is 0 Å². The molecule has 0 aliphatic rings. The van der Waals surface area contributed by atoms with E-state index in [2.05, 4.69) is 5.32 Å². The fourth-order valence-corrected chi connectivity index (χ4v) is 1.23. The van der Waals surface area contributed by atoms with Crippen LogP contribution in [0.5, 0.6) is 11.5 Å². The lowest BCUT2D eigenvalue weighted by molar-refractivity contribution is -0.129. The molecule has 0 spiro atoms. The normalized spacial score (nSPS) is 10.4. The van der Waals surface area contributed by atoms with Crippen LogP contribution in [0.2, 0.25) is 0 Å². The Hall–Kier alpha value is -2.54. The Kier molecular flexibility index (Phi) is 5.36. The van der Waals surface area contributed by atoms with Gasteiger partial charge in [-0.05, 0) is 23.8 Å². The molecule has 7 nitrogen and oxygen atoms in total. The summed E-state index contributed by atoms with van der Waals surface area (Å²) >= 11 is 0. The van der Waals surface area contributed by atoms with Crippen LogP contribution in [0.25, 0.3) is 6.08 Å². The van der Waals surface area contributed by atoms with Gasteiger partial charge in [0.15, 0.2) is 11.5 Å². The van der Waals surface area contributed by atoms with Gasteiger partial charge in [-0.1, -0.05) is 6.07 Å². The molecule has 0 unspecified atom stereocenters. The summed E-state index contributed by atoms with van der Waals surface area (Å²) in [5.41, 5.74) is 1.99. The fourth-order valence-electron chi connectivity index (χ4n) is 1.23. The smallest absolute Gasteiger partial charge is 0.245 e. The minimum Gasteiger partial charge on any atom is -0.504 e. The number of hydrogen-bond donors (Lipinski definition) is 5. The largest absolute Gasteiger partial charge is 0.504 e. The second-order valence-electron chi connectivity index (χ2n) is 3.66. The number of hydrogen-bond acceptors (Lipinski definition) is 5. The molecule has 0 atom stereocenters. The number of carbonyl (C=O) groups excluding carboxylic acids is 2. The van der Waals surface area contributed by atoms with Crippen LogP contribution in [-0.2, 0) is 9.59 Å². The SMILES string of the molecule is O=C(/C=C/c1ccc(O)c(O)c1)NCCC(=O)NO. The lowest BCUT2D eigenvalue weighted by Gasteiger charge is -2.01. The van der Waals surface area contributed by atoms with Crippen LogP contribution in [-0.4, -0.2) is 33.8 Å². The van der Waals surface area contributed by atoms with Gasteiger partial charge in [0.2, 0.25) is 11.8 Å². The van der Waals surface area contributed by atoms with Crippen molar-refractivity contribution in [1.29, 1.82) is 0 Å². The van der Waals surface area contributed by atoms with Crippen molar-refractivity contribution in [2.75, 3.05) is 6.54 Å². The Bertz CT molecular complexity index is 499. The number of phenols is 2. The van der Waals surface area contributed by atoms with Crippen LogP contribution in [0.1, 0.15) is 12.0 Å². The quantitative estimate of drug-likeness (QED) is 0.224. The molecule has 1 aromatic rings. The fraction of sp³-hybridized carbons (Fsp3) is 0.167. The molecule has 2 amide bonds. The van der Waals surface area contributed by atoms with Crippen molar-refractivity contribution in [3.8, 4) is 11.5 Å². The zero-order valence-corrected chi connectivity index (χ0v) is 9.96. The third-order valence-electron chi connectivity index (χ3n) is 2.20. The minimum atomic E-state index is -0.590. The first kappa shape index (κ1) is 14.5. The van der Waals surface area contributed by atoms with Crippen LogP contribution < -0.4 is 10.8 Å². The van der Waals surface area contributed by atoms with E-state index < -0.39 is 11.8 Å². The van der Waals surface area contributed by atoms with E-state index in [0.29, 0.717) is 5.56 Å². The maximum atomic E-state index is 11.3. The lowest BCUT2D eigenvalue weighted by atomic mass is 10.2. The lowest BCUT2D eigenvalue weighted by Crippen LogP contribution is -2.28. The molecule has 102 valence electrons. The second-order valence-corrected chi connectivity index (χ2v) is 3.66. The molecule has 19 heavy (non-hydrogen) atoms. The maximum absolute atomic E-state index is 11.3. The van der Waals surface area contributed by atoms with Crippen LogP contribution >= 0.6 is 0 Å². The standard InChI is InChI=1S/C12H14N2O5/c15-9-3-1-8(7-10(9)16)2-4-11(17)13-6-5-12(18)14-19/h1-4,7,15-16,19H,5-6H2,(H,13,17)(H,14,18)/b4-2+. The van der Waals surface area contributed by atoms with E-state index in [0.717, 1.165) is 0 Å². The Balaban J connectivity index is 2.45. The monoisotopic (exact) mass is 266 g/mol. The first-order valence-corrected chi connectivity index (χ1v) is 5.43. The molecule has 0 saturated carbocycles. The molecule has 1 aromatic carbocycles. The molecule has 0 heterocycles. The van der Waals surface area contributed by atoms with E-state index in [1.807, 2.05) is 0 Å². The van der Waals surface area contributed by atoms with E-state index in [1.54, 1.807) is 0 Å². The molecule has 0 radical (unpaired) electrons. The number of phenolic OH excluding ortho intramolecular Hbond substituents is 2. The van der Waals surface area contributed by atoms with Crippen molar-refractivity contribution in [2.24, 2.45) is 0 Å². The van der Waals surface area contributed by atoms with Crippen molar-refractivity contribution < 1.29 is 25.0 Å². The average molecular weight is 266 g/mol. The zero-order valence-electron chi connectivity index (χ0n) is 9.96. The molecule has 1 rings (SSSR count). The number of aromatic hydroxyl groups is 2. The van der Waals surface area contributed by atoms with Gasteiger partial charge in [0.25, 0.3) is 0 Å². The second kappa shape index (κ2) is 7.02. The molecular formula is C12H14N2O5. The van der Waals surface area contributed by atoms with Crippen molar-refractivity contribution in [2.45, 2.75) is 6.42 Å². The highest BCUT2D eigenvalue weighted by atomic mass is 16.5. The summed E-state index contributed by atoms with van der Waals surface area (Å²) in [4.78, 5) is 22.0. The summed E-state index contributed by atoms with van der Waals surface area (Å²) in [6.45, 7) is 0.0936. The van der Waals surface area contributed by atoms with Gasteiger partial charge in [0.05, 0.1) is 0 Å². The predicted octanol–water partition coefficient (Wildman–Crippen LogP) is 0.123. The highest BCUT2D eigenvalue weighted by Gasteiger charge is 2.01. The molecule has 0 bridgehead atoms. The van der Waals surface area contributed by atoms with Crippen molar-refractivity contribution in [3.63, 3.8) is 0 Å². The number of nitrogens with one attached hydrogen (secondary N) is 2. The van der Waals surface area contributed by atoms with Crippen molar-refractivity contribution in [1.82, 2.24) is 10.8 Å². The molecule has 0 aromatic heterocycles. The number of carbonyl (C=O) groups is 2. The average Bonchev–Trinajstić information content (AvgIpc) is 2.40. The van der Waals surface area contributed by atoms with Crippen molar-refractivity contribution >= 4 is 17.9 Å². The van der Waals surface area contributed by atoms with Crippen LogP contribution in [0.15, 0.2) is 24.3 Å². The Morgan fingerprint density at radius 1 is 1.21 bits per heavy atom. The molecule has 0 aliphatic carbocycles. The van der Waals surface area contributed by atoms with Crippen molar-refractivity contribution in [3.05, 3.63) is 29.8 Å². The maximum Gasteiger partial charge on any atom is 0.245 e. The van der Waals surface area contributed by atoms with Gasteiger partial charge in [-0.3, -0.25) is 14.8 Å². The molecular weight excluding hydrogens is 252 g/mol. The minimum absolute atomic E-state index is 0.0317. The van der Waals surface area contributed by atoms with Gasteiger partial charge in [0, 0.05) is 19.0 Å². The van der Waals surface area contributed by atoms with E-state index in [1.165, 1.54) is 35.8 Å². The number of benzene rings is 1. The van der Waals surface area contributed by atoms with E-state index in [9.17, 15) is 14.7 Å². The van der Waals surface area contributed by atoms with E-state index in [4.69, 9.17) is 10.3 Å². The van der Waals surface area contributed by atoms with E-state index in [-0.39, 0.29) is 24.5 Å².